The maximum absolute atomic E-state index is 12.3. The van der Waals surface area contributed by atoms with Crippen LogP contribution in [0.3, 0.4) is 0 Å². The van der Waals surface area contributed by atoms with Crippen LogP contribution in [0.1, 0.15) is 22.3 Å². The number of hydrogen-bond donors (Lipinski definition) is 3. The van der Waals surface area contributed by atoms with Gasteiger partial charge in [0.15, 0.2) is 18.1 Å². The average molecular weight is 489 g/mol. The molecule has 9 heteroatoms. The van der Waals surface area contributed by atoms with Crippen LogP contribution in [-0.2, 0) is 14.4 Å². The number of carbonyl (C=O) groups is 3. The topological polar surface area (TPSA) is 118 Å². The van der Waals surface area contributed by atoms with Crippen LogP contribution in [0.25, 0.3) is 0 Å². The van der Waals surface area contributed by atoms with Gasteiger partial charge in [0.25, 0.3) is 5.91 Å². The molecule has 0 aliphatic rings. The normalized spacial score (nSPS) is 10.6. The maximum atomic E-state index is 12.3. The number of methoxy groups -OCH3 is 1. The number of nitrogens with one attached hydrogen (secondary N) is 3. The highest BCUT2D eigenvalue weighted by Gasteiger charge is 2.13. The molecule has 0 unspecified atom stereocenters. The minimum Gasteiger partial charge on any atom is -0.493 e. The molecular formula is C27H28N4O5. The third-order valence-electron chi connectivity index (χ3n) is 5.08. The van der Waals surface area contributed by atoms with Crippen molar-refractivity contribution in [2.24, 2.45) is 5.10 Å². The van der Waals surface area contributed by atoms with Gasteiger partial charge in [0, 0.05) is 11.4 Å². The van der Waals surface area contributed by atoms with Crippen LogP contribution in [0.4, 0.5) is 11.4 Å². The van der Waals surface area contributed by atoms with Crippen LogP contribution in [0, 0.1) is 20.8 Å². The lowest BCUT2D eigenvalue weighted by Gasteiger charge is -2.12. The lowest BCUT2D eigenvalue weighted by Crippen LogP contribution is -2.32. The molecule has 36 heavy (non-hydrogen) atoms. The summed E-state index contributed by atoms with van der Waals surface area (Å²) in [5, 5.41) is 9.16. The van der Waals surface area contributed by atoms with E-state index in [-0.39, 0.29) is 12.5 Å². The predicted octanol–water partition coefficient (Wildman–Crippen LogP) is 3.73. The smallest absolute Gasteiger partial charge is 0.329 e. The lowest BCUT2D eigenvalue weighted by molar-refractivity contribution is -0.136. The van der Waals surface area contributed by atoms with Crippen molar-refractivity contribution in [1.82, 2.24) is 5.43 Å². The Bertz CT molecular complexity index is 1300. The highest BCUT2D eigenvalue weighted by Crippen LogP contribution is 2.27. The number of nitrogens with zero attached hydrogens (tertiary/aromatic N) is 1. The molecule has 3 N–H and O–H groups in total. The van der Waals surface area contributed by atoms with Gasteiger partial charge in [-0.25, -0.2) is 5.43 Å². The molecule has 0 fully saturated rings. The Morgan fingerprint density at radius 1 is 0.861 bits per heavy atom. The molecule has 0 atom stereocenters. The average Bonchev–Trinajstić information content (AvgIpc) is 2.85. The number of aryl methyl sites for hydroxylation is 3. The number of amides is 3. The molecule has 0 spiro atoms. The van der Waals surface area contributed by atoms with Crippen LogP contribution in [0.15, 0.2) is 65.8 Å². The number of rotatable bonds is 8. The predicted molar refractivity (Wildman–Crippen MR) is 139 cm³/mol. The number of ether oxygens (including phenoxy) is 2. The number of benzene rings is 3. The Morgan fingerprint density at radius 3 is 2.39 bits per heavy atom. The molecule has 0 radical (unpaired) electrons. The Balaban J connectivity index is 1.54. The Hall–Kier alpha value is -4.66. The zero-order valence-electron chi connectivity index (χ0n) is 20.5. The summed E-state index contributed by atoms with van der Waals surface area (Å²) in [6.45, 7) is 5.54. The van der Waals surface area contributed by atoms with Gasteiger partial charge in [-0.3, -0.25) is 14.4 Å². The molecule has 3 amide bonds. The van der Waals surface area contributed by atoms with E-state index in [0.717, 1.165) is 22.4 Å². The highest BCUT2D eigenvalue weighted by molar-refractivity contribution is 6.39. The van der Waals surface area contributed by atoms with Gasteiger partial charge in [-0.1, -0.05) is 24.3 Å². The van der Waals surface area contributed by atoms with E-state index in [4.69, 9.17) is 9.47 Å². The van der Waals surface area contributed by atoms with Gasteiger partial charge in [-0.2, -0.15) is 5.10 Å². The monoisotopic (exact) mass is 488 g/mol. The van der Waals surface area contributed by atoms with Crippen LogP contribution in [-0.4, -0.2) is 37.7 Å². The molecule has 0 aliphatic carbocycles. The van der Waals surface area contributed by atoms with E-state index in [1.165, 1.54) is 13.3 Å². The van der Waals surface area contributed by atoms with Crippen molar-refractivity contribution in [3.05, 3.63) is 82.9 Å². The minimum atomic E-state index is -0.908. The molecule has 0 aromatic heterocycles. The van der Waals surface area contributed by atoms with Crippen molar-refractivity contribution < 1.29 is 23.9 Å². The zero-order chi connectivity index (χ0) is 26.1. The summed E-state index contributed by atoms with van der Waals surface area (Å²) in [6, 6.07) is 17.8. The van der Waals surface area contributed by atoms with Crippen LogP contribution in [0.2, 0.25) is 0 Å². The molecule has 0 aliphatic heterocycles. The van der Waals surface area contributed by atoms with Gasteiger partial charge in [0.05, 0.1) is 13.3 Å². The Morgan fingerprint density at radius 2 is 1.64 bits per heavy atom. The van der Waals surface area contributed by atoms with Gasteiger partial charge in [-0.05, 0) is 79.4 Å². The van der Waals surface area contributed by atoms with E-state index >= 15 is 0 Å². The molecule has 0 bridgehead atoms. The van der Waals surface area contributed by atoms with Gasteiger partial charge in [0.2, 0.25) is 0 Å². The number of carbonyl (C=O) groups excluding carboxylic acids is 3. The standard InChI is InChI=1S/C27H28N4O5/c1-17-6-5-7-21(12-17)29-26(33)27(34)31-28-15-20-10-11-23(24(14-20)35-4)36-16-25(32)30-22-13-18(2)8-9-19(22)3/h5-15H,16H2,1-4H3,(H,29,33)(H,30,32)(H,31,34)/b28-15-. The summed E-state index contributed by atoms with van der Waals surface area (Å²) >= 11 is 0. The second kappa shape index (κ2) is 12.2. The number of hydrazone groups is 1. The van der Waals surface area contributed by atoms with Crippen molar-refractivity contribution in [3.63, 3.8) is 0 Å². The first-order valence-electron chi connectivity index (χ1n) is 11.1. The van der Waals surface area contributed by atoms with Crippen LogP contribution in [0.5, 0.6) is 11.5 Å². The summed E-state index contributed by atoms with van der Waals surface area (Å²) in [7, 11) is 1.47. The van der Waals surface area contributed by atoms with Gasteiger partial charge in [0.1, 0.15) is 0 Å². The molecule has 0 heterocycles. The molecule has 0 saturated heterocycles. The third-order valence-corrected chi connectivity index (χ3v) is 5.08. The van der Waals surface area contributed by atoms with E-state index in [0.29, 0.717) is 22.7 Å². The molecular weight excluding hydrogens is 460 g/mol. The summed E-state index contributed by atoms with van der Waals surface area (Å²) in [5.41, 5.74) is 6.96. The van der Waals surface area contributed by atoms with Crippen molar-refractivity contribution >= 4 is 35.3 Å². The van der Waals surface area contributed by atoms with Crippen molar-refractivity contribution in [1.29, 1.82) is 0 Å². The Kier molecular flexibility index (Phi) is 8.77. The van der Waals surface area contributed by atoms with Crippen molar-refractivity contribution in [2.75, 3.05) is 24.4 Å². The minimum absolute atomic E-state index is 0.205. The molecule has 9 nitrogen and oxygen atoms in total. The first-order valence-corrected chi connectivity index (χ1v) is 11.1. The lowest BCUT2D eigenvalue weighted by atomic mass is 10.1. The van der Waals surface area contributed by atoms with Crippen LogP contribution >= 0.6 is 0 Å². The van der Waals surface area contributed by atoms with Gasteiger partial charge >= 0.3 is 11.8 Å². The second-order valence-corrected chi connectivity index (χ2v) is 8.09. The van der Waals surface area contributed by atoms with E-state index in [9.17, 15) is 14.4 Å². The third kappa shape index (κ3) is 7.42. The molecule has 3 aromatic carbocycles. The second-order valence-electron chi connectivity index (χ2n) is 8.09. The maximum Gasteiger partial charge on any atom is 0.329 e. The molecule has 3 aromatic rings. The summed E-state index contributed by atoms with van der Waals surface area (Å²) in [5.74, 6) is -1.30. The summed E-state index contributed by atoms with van der Waals surface area (Å²) < 4.78 is 11.0. The quantitative estimate of drug-likeness (QED) is 0.254. The van der Waals surface area contributed by atoms with Crippen molar-refractivity contribution in [3.8, 4) is 11.5 Å². The fraction of sp³-hybridized carbons (Fsp3) is 0.185. The highest BCUT2D eigenvalue weighted by atomic mass is 16.5. The summed E-state index contributed by atoms with van der Waals surface area (Å²) in [4.78, 5) is 36.4. The van der Waals surface area contributed by atoms with E-state index < -0.39 is 11.8 Å². The molecule has 3 rings (SSSR count). The fourth-order valence-corrected chi connectivity index (χ4v) is 3.21. The number of anilines is 2. The Labute approximate surface area is 209 Å². The van der Waals surface area contributed by atoms with E-state index in [2.05, 4.69) is 21.2 Å². The van der Waals surface area contributed by atoms with Gasteiger partial charge < -0.3 is 20.1 Å². The van der Waals surface area contributed by atoms with E-state index in [1.54, 1.807) is 36.4 Å². The van der Waals surface area contributed by atoms with E-state index in [1.807, 2.05) is 45.0 Å². The molecule has 186 valence electrons. The fourth-order valence-electron chi connectivity index (χ4n) is 3.21. The number of hydrogen-bond acceptors (Lipinski definition) is 6. The SMILES string of the molecule is COc1cc(/C=N\NC(=O)C(=O)Nc2cccc(C)c2)ccc1OCC(=O)Nc1cc(C)ccc1C. The first-order chi connectivity index (χ1) is 17.2. The van der Waals surface area contributed by atoms with Crippen LogP contribution < -0.4 is 25.5 Å². The molecule has 0 saturated carbocycles. The summed E-state index contributed by atoms with van der Waals surface area (Å²) in [6.07, 6.45) is 1.36. The van der Waals surface area contributed by atoms with Gasteiger partial charge in [-0.15, -0.1) is 0 Å². The zero-order valence-corrected chi connectivity index (χ0v) is 20.5. The first kappa shape index (κ1) is 26.0. The van der Waals surface area contributed by atoms with Crippen molar-refractivity contribution in [2.45, 2.75) is 20.8 Å². The largest absolute Gasteiger partial charge is 0.493 e.